The Morgan fingerprint density at radius 1 is 1.35 bits per heavy atom. The molecule has 3 rings (SSSR count). The number of amides is 1. The molecule has 0 spiro atoms. The molecule has 0 unspecified atom stereocenters. The standard InChI is InChI=1S/C15H16N6OS/c1-21-10-17-20-15(21)23-8-7-16-14(22)13-9-12(18-19-13)11-5-3-2-4-6-11/h2-6,9-10H,7-8H2,1H3,(H,16,22)(H,18,19). The SMILES string of the molecule is Cn1cnnc1SCCNC(=O)c1cc(-c2ccccc2)n[nH]1. The van der Waals surface area contributed by atoms with Crippen molar-refractivity contribution in [2.75, 3.05) is 12.3 Å². The third-order valence-corrected chi connectivity index (χ3v) is 4.22. The van der Waals surface area contributed by atoms with Gasteiger partial charge in [0.25, 0.3) is 5.91 Å². The fraction of sp³-hybridized carbons (Fsp3) is 0.200. The number of nitrogens with zero attached hydrogens (tertiary/aromatic N) is 4. The van der Waals surface area contributed by atoms with Crippen molar-refractivity contribution < 1.29 is 4.79 Å². The number of hydrogen-bond donors (Lipinski definition) is 2. The summed E-state index contributed by atoms with van der Waals surface area (Å²) in [6.45, 7) is 0.538. The van der Waals surface area contributed by atoms with E-state index in [0.29, 0.717) is 12.2 Å². The largest absolute Gasteiger partial charge is 0.350 e. The molecule has 118 valence electrons. The molecule has 0 saturated carbocycles. The third-order valence-electron chi connectivity index (χ3n) is 3.18. The van der Waals surface area contributed by atoms with Crippen LogP contribution >= 0.6 is 11.8 Å². The first-order valence-electron chi connectivity index (χ1n) is 7.10. The lowest BCUT2D eigenvalue weighted by molar-refractivity contribution is 0.0951. The quantitative estimate of drug-likeness (QED) is 0.531. The molecule has 1 amide bonds. The smallest absolute Gasteiger partial charge is 0.269 e. The molecule has 0 aliphatic carbocycles. The molecule has 2 aromatic heterocycles. The van der Waals surface area contributed by atoms with Crippen LogP contribution in [0.5, 0.6) is 0 Å². The van der Waals surface area contributed by atoms with E-state index < -0.39 is 0 Å². The normalized spacial score (nSPS) is 10.7. The van der Waals surface area contributed by atoms with Crippen LogP contribution in [0, 0.1) is 0 Å². The van der Waals surface area contributed by atoms with Gasteiger partial charge in [0.1, 0.15) is 12.0 Å². The van der Waals surface area contributed by atoms with E-state index in [2.05, 4.69) is 25.7 Å². The molecule has 8 heteroatoms. The average Bonchev–Trinajstić information content (AvgIpc) is 3.22. The average molecular weight is 328 g/mol. The van der Waals surface area contributed by atoms with Crippen LogP contribution in [-0.2, 0) is 7.05 Å². The number of benzene rings is 1. The van der Waals surface area contributed by atoms with E-state index in [4.69, 9.17) is 0 Å². The minimum atomic E-state index is -0.168. The Morgan fingerprint density at radius 2 is 2.17 bits per heavy atom. The molecule has 2 N–H and O–H groups in total. The molecule has 0 aliphatic rings. The van der Waals surface area contributed by atoms with Crippen molar-refractivity contribution in [2.45, 2.75) is 5.16 Å². The van der Waals surface area contributed by atoms with E-state index in [-0.39, 0.29) is 5.91 Å². The van der Waals surface area contributed by atoms with Crippen molar-refractivity contribution in [3.8, 4) is 11.3 Å². The summed E-state index contributed by atoms with van der Waals surface area (Å²) in [6, 6.07) is 11.5. The van der Waals surface area contributed by atoms with Gasteiger partial charge < -0.3 is 9.88 Å². The highest BCUT2D eigenvalue weighted by atomic mass is 32.2. The molecule has 23 heavy (non-hydrogen) atoms. The monoisotopic (exact) mass is 328 g/mol. The van der Waals surface area contributed by atoms with Crippen molar-refractivity contribution >= 4 is 17.7 Å². The zero-order chi connectivity index (χ0) is 16.1. The first-order valence-corrected chi connectivity index (χ1v) is 8.08. The second kappa shape index (κ2) is 7.10. The highest BCUT2D eigenvalue weighted by molar-refractivity contribution is 7.99. The fourth-order valence-electron chi connectivity index (χ4n) is 2.00. The summed E-state index contributed by atoms with van der Waals surface area (Å²) >= 11 is 1.54. The summed E-state index contributed by atoms with van der Waals surface area (Å²) in [5, 5.41) is 18.4. The van der Waals surface area contributed by atoms with Crippen LogP contribution in [0.1, 0.15) is 10.5 Å². The van der Waals surface area contributed by atoms with Crippen molar-refractivity contribution in [2.24, 2.45) is 7.05 Å². The van der Waals surface area contributed by atoms with Crippen molar-refractivity contribution in [1.82, 2.24) is 30.3 Å². The lowest BCUT2D eigenvalue weighted by atomic mass is 10.1. The molecule has 7 nitrogen and oxygen atoms in total. The molecule has 0 saturated heterocycles. The topological polar surface area (TPSA) is 88.5 Å². The van der Waals surface area contributed by atoms with Gasteiger partial charge in [-0.1, -0.05) is 42.1 Å². The van der Waals surface area contributed by atoms with E-state index in [1.54, 1.807) is 24.2 Å². The number of H-pyrrole nitrogens is 1. The van der Waals surface area contributed by atoms with Crippen LogP contribution in [-0.4, -0.2) is 43.2 Å². The number of aryl methyl sites for hydroxylation is 1. The van der Waals surface area contributed by atoms with Gasteiger partial charge in [-0.15, -0.1) is 10.2 Å². The summed E-state index contributed by atoms with van der Waals surface area (Å²) in [5.74, 6) is 0.552. The molecular weight excluding hydrogens is 312 g/mol. The summed E-state index contributed by atoms with van der Waals surface area (Å²) in [6.07, 6.45) is 1.65. The fourth-order valence-corrected chi connectivity index (χ4v) is 2.74. The second-order valence-electron chi connectivity index (χ2n) is 4.86. The van der Waals surface area contributed by atoms with Crippen molar-refractivity contribution in [1.29, 1.82) is 0 Å². The molecule has 2 heterocycles. The molecule has 0 atom stereocenters. The summed E-state index contributed by atoms with van der Waals surface area (Å²) in [4.78, 5) is 12.1. The zero-order valence-electron chi connectivity index (χ0n) is 12.6. The maximum absolute atomic E-state index is 12.1. The third kappa shape index (κ3) is 3.78. The number of carbonyl (C=O) groups is 1. The molecule has 0 radical (unpaired) electrons. The van der Waals surface area contributed by atoms with Crippen LogP contribution in [0.15, 0.2) is 47.9 Å². The number of nitrogens with one attached hydrogen (secondary N) is 2. The molecule has 0 bridgehead atoms. The van der Waals surface area contributed by atoms with Gasteiger partial charge in [-0.25, -0.2) is 0 Å². The first kappa shape index (κ1) is 15.3. The predicted molar refractivity (Wildman–Crippen MR) is 88.1 cm³/mol. The number of aromatic amines is 1. The zero-order valence-corrected chi connectivity index (χ0v) is 13.4. The lowest BCUT2D eigenvalue weighted by Crippen LogP contribution is -2.26. The van der Waals surface area contributed by atoms with Gasteiger partial charge in [0.05, 0.1) is 5.69 Å². The van der Waals surface area contributed by atoms with E-state index in [1.807, 2.05) is 41.9 Å². The highest BCUT2D eigenvalue weighted by Crippen LogP contribution is 2.17. The maximum atomic E-state index is 12.1. The van der Waals surface area contributed by atoms with Crippen LogP contribution in [0.25, 0.3) is 11.3 Å². The summed E-state index contributed by atoms with van der Waals surface area (Å²) < 4.78 is 1.84. The molecular formula is C15H16N6OS. The van der Waals surface area contributed by atoms with Gasteiger partial charge in [0, 0.05) is 24.9 Å². The number of aromatic nitrogens is 5. The molecule has 1 aromatic carbocycles. The van der Waals surface area contributed by atoms with Gasteiger partial charge >= 0.3 is 0 Å². The Morgan fingerprint density at radius 3 is 2.91 bits per heavy atom. The van der Waals surface area contributed by atoms with Crippen molar-refractivity contribution in [3.05, 3.63) is 48.4 Å². The number of rotatable bonds is 6. The predicted octanol–water partition coefficient (Wildman–Crippen LogP) is 1.73. The minimum absolute atomic E-state index is 0.168. The first-order chi connectivity index (χ1) is 11.2. The van der Waals surface area contributed by atoms with Crippen LogP contribution in [0.4, 0.5) is 0 Å². The Labute approximate surface area is 137 Å². The van der Waals surface area contributed by atoms with Crippen LogP contribution in [0.3, 0.4) is 0 Å². The van der Waals surface area contributed by atoms with E-state index >= 15 is 0 Å². The maximum Gasteiger partial charge on any atom is 0.269 e. The lowest BCUT2D eigenvalue weighted by Gasteiger charge is -2.03. The van der Waals surface area contributed by atoms with Crippen LogP contribution < -0.4 is 5.32 Å². The minimum Gasteiger partial charge on any atom is -0.350 e. The molecule has 0 aliphatic heterocycles. The number of hydrogen-bond acceptors (Lipinski definition) is 5. The van der Waals surface area contributed by atoms with E-state index in [0.717, 1.165) is 22.2 Å². The van der Waals surface area contributed by atoms with Gasteiger partial charge in [-0.3, -0.25) is 9.89 Å². The van der Waals surface area contributed by atoms with Gasteiger partial charge in [0.2, 0.25) is 0 Å². The van der Waals surface area contributed by atoms with E-state index in [9.17, 15) is 4.79 Å². The van der Waals surface area contributed by atoms with Crippen LogP contribution in [0.2, 0.25) is 0 Å². The van der Waals surface area contributed by atoms with Gasteiger partial charge in [-0.05, 0) is 6.07 Å². The Kier molecular flexibility index (Phi) is 4.72. The van der Waals surface area contributed by atoms with Crippen molar-refractivity contribution in [3.63, 3.8) is 0 Å². The Bertz CT molecular complexity index is 782. The summed E-state index contributed by atoms with van der Waals surface area (Å²) in [7, 11) is 1.89. The number of carbonyl (C=O) groups excluding carboxylic acids is 1. The molecule has 0 fully saturated rings. The van der Waals surface area contributed by atoms with E-state index in [1.165, 1.54) is 0 Å². The molecule has 3 aromatic rings. The van der Waals surface area contributed by atoms with Gasteiger partial charge in [0.15, 0.2) is 5.16 Å². The number of thioether (sulfide) groups is 1. The Balaban J connectivity index is 1.51. The Hall–Kier alpha value is -2.61. The second-order valence-corrected chi connectivity index (χ2v) is 5.92. The van der Waals surface area contributed by atoms with Gasteiger partial charge in [-0.2, -0.15) is 5.10 Å². The summed E-state index contributed by atoms with van der Waals surface area (Å²) in [5.41, 5.74) is 2.18. The highest BCUT2D eigenvalue weighted by Gasteiger charge is 2.10.